The number of aliphatic hydroxyl groups is 1. The van der Waals surface area contributed by atoms with E-state index in [1.54, 1.807) is 6.08 Å². The van der Waals surface area contributed by atoms with Crippen LogP contribution in [-0.2, 0) is 9.09 Å². The van der Waals surface area contributed by atoms with Crippen molar-refractivity contribution in [1.29, 1.82) is 0 Å². The zero-order valence-corrected chi connectivity index (χ0v) is 16.6. The van der Waals surface area contributed by atoms with Crippen LogP contribution in [0, 0.1) is 0 Å². The maximum atomic E-state index is 10.6. The van der Waals surface area contributed by atoms with Crippen LogP contribution in [0.25, 0.3) is 0 Å². The van der Waals surface area contributed by atoms with Crippen LogP contribution in [0.3, 0.4) is 0 Å². The third-order valence-corrected chi connectivity index (χ3v) is 4.67. The maximum Gasteiger partial charge on any atom is 0.469 e. The van der Waals surface area contributed by atoms with E-state index in [1.165, 1.54) is 64.2 Å². The van der Waals surface area contributed by atoms with Crippen LogP contribution >= 0.6 is 7.82 Å². The van der Waals surface area contributed by atoms with E-state index in [1.807, 2.05) is 6.08 Å². The summed E-state index contributed by atoms with van der Waals surface area (Å²) < 4.78 is 14.8. The van der Waals surface area contributed by atoms with Crippen molar-refractivity contribution in [2.24, 2.45) is 5.73 Å². The van der Waals surface area contributed by atoms with Crippen molar-refractivity contribution in [2.45, 2.75) is 96.1 Å². The molecule has 0 aliphatic carbocycles. The number of hydrogen-bond donors (Lipinski definition) is 4. The summed E-state index contributed by atoms with van der Waals surface area (Å²) in [7, 11) is -4.53. The molecule has 0 unspecified atom stereocenters. The smallest absolute Gasteiger partial charge is 0.387 e. The van der Waals surface area contributed by atoms with Gasteiger partial charge in [0.2, 0.25) is 0 Å². The molecule has 0 saturated heterocycles. The molecular weight excluding hydrogens is 341 g/mol. The SMILES string of the molecule is CCCCCCCCCCCCCC=C[C@@H](O)[C@@H](N)COP(=O)(O)O. The van der Waals surface area contributed by atoms with Gasteiger partial charge in [0.1, 0.15) is 0 Å². The van der Waals surface area contributed by atoms with Crippen LogP contribution in [-0.4, -0.2) is 33.6 Å². The number of phosphoric ester groups is 1. The van der Waals surface area contributed by atoms with Crippen LogP contribution < -0.4 is 5.73 Å². The minimum atomic E-state index is -4.53. The normalized spacial score (nSPS) is 14.9. The highest BCUT2D eigenvalue weighted by molar-refractivity contribution is 7.46. The molecule has 0 bridgehead atoms. The van der Waals surface area contributed by atoms with Crippen LogP contribution in [0.4, 0.5) is 0 Å². The zero-order valence-electron chi connectivity index (χ0n) is 15.7. The monoisotopic (exact) mass is 379 g/mol. The fraction of sp³-hybridized carbons (Fsp3) is 0.889. The molecular formula is C18H38NO5P. The summed E-state index contributed by atoms with van der Waals surface area (Å²) in [5.74, 6) is 0. The molecule has 0 aromatic carbocycles. The van der Waals surface area contributed by atoms with Gasteiger partial charge in [-0.3, -0.25) is 4.52 Å². The minimum Gasteiger partial charge on any atom is -0.387 e. The van der Waals surface area contributed by atoms with Crippen molar-refractivity contribution in [3.63, 3.8) is 0 Å². The minimum absolute atomic E-state index is 0.381. The van der Waals surface area contributed by atoms with Crippen molar-refractivity contribution in [1.82, 2.24) is 0 Å². The van der Waals surface area contributed by atoms with Gasteiger partial charge in [-0.05, 0) is 12.8 Å². The Morgan fingerprint density at radius 1 is 0.960 bits per heavy atom. The van der Waals surface area contributed by atoms with E-state index in [2.05, 4.69) is 11.4 Å². The highest BCUT2D eigenvalue weighted by Crippen LogP contribution is 2.35. The Morgan fingerprint density at radius 3 is 1.92 bits per heavy atom. The quantitative estimate of drug-likeness (QED) is 0.172. The van der Waals surface area contributed by atoms with Crippen molar-refractivity contribution in [2.75, 3.05) is 6.61 Å². The van der Waals surface area contributed by atoms with Crippen molar-refractivity contribution < 1.29 is 24.0 Å². The average Bonchev–Trinajstić information content (AvgIpc) is 2.56. The van der Waals surface area contributed by atoms with Gasteiger partial charge in [0.05, 0.1) is 18.8 Å². The Labute approximate surface area is 153 Å². The fourth-order valence-corrected chi connectivity index (χ4v) is 2.95. The number of hydrogen-bond acceptors (Lipinski definition) is 4. The summed E-state index contributed by atoms with van der Waals surface area (Å²) >= 11 is 0. The number of allylic oxidation sites excluding steroid dienone is 1. The molecule has 6 nitrogen and oxygen atoms in total. The van der Waals surface area contributed by atoms with Gasteiger partial charge in [-0.25, -0.2) is 4.57 Å². The van der Waals surface area contributed by atoms with Gasteiger partial charge in [-0.1, -0.05) is 83.3 Å². The molecule has 0 amide bonds. The lowest BCUT2D eigenvalue weighted by Gasteiger charge is -2.15. The summed E-state index contributed by atoms with van der Waals surface area (Å²) in [4.78, 5) is 17.2. The third-order valence-electron chi connectivity index (χ3n) is 4.18. The van der Waals surface area contributed by atoms with Gasteiger partial charge in [-0.15, -0.1) is 0 Å². The van der Waals surface area contributed by atoms with Gasteiger partial charge in [0.25, 0.3) is 0 Å². The standard InChI is InChI=1S/C18H38NO5P/c1-2-3-4-5-6-7-8-9-10-11-12-13-14-15-18(20)17(19)16-24-25(21,22)23/h14-15,17-18,20H,2-13,16,19H2,1H3,(H2,21,22,23)/t17-,18+/m0/s1. The van der Waals surface area contributed by atoms with E-state index < -0.39 is 20.0 Å². The Hall–Kier alpha value is -0.230. The van der Waals surface area contributed by atoms with Crippen LogP contribution in [0.15, 0.2) is 12.2 Å². The van der Waals surface area contributed by atoms with Gasteiger partial charge in [0.15, 0.2) is 0 Å². The number of aliphatic hydroxyl groups excluding tert-OH is 1. The van der Waals surface area contributed by atoms with E-state index in [9.17, 15) is 9.67 Å². The Bertz CT molecular complexity index is 372. The highest BCUT2D eigenvalue weighted by Gasteiger charge is 2.19. The molecule has 0 fully saturated rings. The molecule has 5 N–H and O–H groups in total. The number of nitrogens with two attached hydrogens (primary N) is 1. The molecule has 7 heteroatoms. The van der Waals surface area contributed by atoms with E-state index in [-0.39, 0.29) is 6.61 Å². The second-order valence-corrected chi connectivity index (χ2v) is 7.93. The molecule has 2 atom stereocenters. The molecule has 25 heavy (non-hydrogen) atoms. The van der Waals surface area contributed by atoms with Crippen LogP contribution in [0.2, 0.25) is 0 Å². The second kappa shape index (κ2) is 16.0. The summed E-state index contributed by atoms with van der Waals surface area (Å²) in [6.45, 7) is 1.86. The number of unbranched alkanes of at least 4 members (excludes halogenated alkanes) is 11. The summed E-state index contributed by atoms with van der Waals surface area (Å²) in [5, 5.41) is 9.75. The van der Waals surface area contributed by atoms with E-state index >= 15 is 0 Å². The number of phosphoric acid groups is 1. The molecule has 0 radical (unpaired) electrons. The van der Waals surface area contributed by atoms with Gasteiger partial charge >= 0.3 is 7.82 Å². The van der Waals surface area contributed by atoms with Crippen molar-refractivity contribution in [3.8, 4) is 0 Å². The Balaban J connectivity index is 3.46. The van der Waals surface area contributed by atoms with E-state index in [0.717, 1.165) is 12.8 Å². The topological polar surface area (TPSA) is 113 Å². The average molecular weight is 379 g/mol. The first-order valence-electron chi connectivity index (χ1n) is 9.67. The first kappa shape index (κ1) is 24.8. The van der Waals surface area contributed by atoms with E-state index in [4.69, 9.17) is 15.5 Å². The molecule has 150 valence electrons. The second-order valence-electron chi connectivity index (χ2n) is 6.69. The van der Waals surface area contributed by atoms with Crippen LogP contribution in [0.1, 0.15) is 84.0 Å². The summed E-state index contributed by atoms with van der Waals surface area (Å²) in [6.07, 6.45) is 17.6. The lowest BCUT2D eigenvalue weighted by Crippen LogP contribution is -2.37. The van der Waals surface area contributed by atoms with Gasteiger partial charge in [-0.2, -0.15) is 0 Å². The lowest BCUT2D eigenvalue weighted by atomic mass is 10.0. The molecule has 0 aliphatic rings. The highest BCUT2D eigenvalue weighted by atomic mass is 31.2. The zero-order chi connectivity index (χ0) is 19.0. The van der Waals surface area contributed by atoms with Crippen molar-refractivity contribution in [3.05, 3.63) is 12.2 Å². The summed E-state index contributed by atoms with van der Waals surface area (Å²) in [5.41, 5.74) is 5.60. The van der Waals surface area contributed by atoms with Crippen LogP contribution in [0.5, 0.6) is 0 Å². The van der Waals surface area contributed by atoms with Gasteiger partial charge < -0.3 is 20.6 Å². The first-order valence-corrected chi connectivity index (χ1v) is 11.2. The lowest BCUT2D eigenvalue weighted by molar-refractivity contribution is 0.129. The molecule has 0 aromatic heterocycles. The summed E-state index contributed by atoms with van der Waals surface area (Å²) in [6, 6.07) is -0.846. The maximum absolute atomic E-state index is 10.6. The Morgan fingerprint density at radius 2 is 1.44 bits per heavy atom. The molecule has 0 heterocycles. The Kier molecular flexibility index (Phi) is 15.8. The molecule has 0 aromatic rings. The molecule has 0 saturated carbocycles. The third kappa shape index (κ3) is 18.4. The largest absolute Gasteiger partial charge is 0.469 e. The predicted molar refractivity (Wildman–Crippen MR) is 102 cm³/mol. The van der Waals surface area contributed by atoms with Crippen molar-refractivity contribution >= 4 is 7.82 Å². The van der Waals surface area contributed by atoms with Gasteiger partial charge in [0, 0.05) is 0 Å². The molecule has 0 aliphatic heterocycles. The molecule has 0 rings (SSSR count). The van der Waals surface area contributed by atoms with E-state index in [0.29, 0.717) is 0 Å². The predicted octanol–water partition coefficient (Wildman–Crippen LogP) is 4.04. The molecule has 0 spiro atoms. The number of rotatable bonds is 17. The fourth-order valence-electron chi connectivity index (χ4n) is 2.59. The first-order chi connectivity index (χ1) is 11.9.